The van der Waals surface area contributed by atoms with Crippen LogP contribution in [0.5, 0.6) is 0 Å². The van der Waals surface area contributed by atoms with E-state index in [1.165, 1.54) is 18.2 Å². The fourth-order valence-electron chi connectivity index (χ4n) is 2.07. The summed E-state index contributed by atoms with van der Waals surface area (Å²) in [5.74, 6) is -0.633. The lowest BCUT2D eigenvalue weighted by molar-refractivity contribution is -0.119. The van der Waals surface area contributed by atoms with Gasteiger partial charge in [-0.1, -0.05) is 0 Å². The number of amides is 1. The number of nitrogens with one attached hydrogen (secondary N) is 1. The number of anilines is 2. The van der Waals surface area contributed by atoms with Gasteiger partial charge in [0, 0.05) is 18.0 Å². The Labute approximate surface area is 105 Å². The molecule has 1 aliphatic heterocycles. The molecule has 1 saturated heterocycles. The topological polar surface area (TPSA) is 64.3 Å². The number of ether oxygens (including phenoxy) is 1. The number of benzene rings is 1. The minimum Gasteiger partial charge on any atom is -0.399 e. The van der Waals surface area contributed by atoms with Crippen LogP contribution in [0.2, 0.25) is 0 Å². The minimum absolute atomic E-state index is 0.0235. The van der Waals surface area contributed by atoms with Gasteiger partial charge in [-0.2, -0.15) is 0 Å². The maximum absolute atomic E-state index is 13.1. The van der Waals surface area contributed by atoms with Crippen molar-refractivity contribution in [1.29, 1.82) is 0 Å². The molecule has 1 aliphatic rings. The predicted molar refractivity (Wildman–Crippen MR) is 67.7 cm³/mol. The summed E-state index contributed by atoms with van der Waals surface area (Å²) in [6, 6.07) is 3.98. The Balaban J connectivity index is 1.89. The number of nitrogens with two attached hydrogens (primary N) is 1. The van der Waals surface area contributed by atoms with Gasteiger partial charge in [-0.3, -0.25) is 4.79 Å². The average Bonchev–Trinajstić information content (AvgIpc) is 2.28. The van der Waals surface area contributed by atoms with Crippen molar-refractivity contribution in [3.05, 3.63) is 24.0 Å². The molecule has 2 rings (SSSR count). The van der Waals surface area contributed by atoms with Crippen molar-refractivity contribution in [2.75, 3.05) is 17.7 Å². The Kier molecular flexibility index (Phi) is 4.15. The molecule has 1 amide bonds. The van der Waals surface area contributed by atoms with E-state index in [2.05, 4.69) is 5.32 Å². The van der Waals surface area contributed by atoms with E-state index < -0.39 is 5.82 Å². The zero-order valence-corrected chi connectivity index (χ0v) is 10.1. The maximum atomic E-state index is 13.1. The van der Waals surface area contributed by atoms with E-state index in [4.69, 9.17) is 10.5 Å². The third-order valence-electron chi connectivity index (χ3n) is 2.89. The molecule has 1 unspecified atom stereocenters. The van der Waals surface area contributed by atoms with E-state index in [9.17, 15) is 9.18 Å². The summed E-state index contributed by atoms with van der Waals surface area (Å²) in [6.07, 6.45) is 3.32. The van der Waals surface area contributed by atoms with Crippen LogP contribution in [0.25, 0.3) is 0 Å². The van der Waals surface area contributed by atoms with E-state index in [0.717, 1.165) is 19.3 Å². The fourth-order valence-corrected chi connectivity index (χ4v) is 2.07. The molecule has 1 aromatic rings. The van der Waals surface area contributed by atoms with Crippen LogP contribution in [-0.4, -0.2) is 18.6 Å². The molecule has 1 atom stereocenters. The van der Waals surface area contributed by atoms with Crippen LogP contribution in [-0.2, 0) is 9.53 Å². The van der Waals surface area contributed by atoms with Gasteiger partial charge in [0.2, 0.25) is 5.91 Å². The molecule has 3 N–H and O–H groups in total. The lowest BCUT2D eigenvalue weighted by Gasteiger charge is -2.21. The van der Waals surface area contributed by atoms with Gasteiger partial charge < -0.3 is 15.8 Å². The second kappa shape index (κ2) is 5.82. The highest BCUT2D eigenvalue weighted by molar-refractivity contribution is 5.91. The van der Waals surface area contributed by atoms with Crippen LogP contribution in [0.4, 0.5) is 15.8 Å². The third kappa shape index (κ3) is 3.70. The Morgan fingerprint density at radius 3 is 2.94 bits per heavy atom. The van der Waals surface area contributed by atoms with Gasteiger partial charge in [-0.15, -0.1) is 0 Å². The Morgan fingerprint density at radius 2 is 2.28 bits per heavy atom. The monoisotopic (exact) mass is 252 g/mol. The van der Waals surface area contributed by atoms with E-state index in [-0.39, 0.29) is 12.0 Å². The molecular formula is C13H17FN2O2. The molecule has 0 saturated carbocycles. The summed E-state index contributed by atoms with van der Waals surface area (Å²) < 4.78 is 18.6. The molecule has 0 aromatic heterocycles. The second-order valence-corrected chi connectivity index (χ2v) is 4.51. The average molecular weight is 252 g/mol. The molecule has 1 heterocycles. The van der Waals surface area contributed by atoms with Gasteiger partial charge in [0.05, 0.1) is 12.5 Å². The first-order chi connectivity index (χ1) is 8.63. The molecule has 1 fully saturated rings. The highest BCUT2D eigenvalue weighted by Gasteiger charge is 2.17. The summed E-state index contributed by atoms with van der Waals surface area (Å²) in [7, 11) is 0. The highest BCUT2D eigenvalue weighted by Crippen LogP contribution is 2.18. The van der Waals surface area contributed by atoms with Crippen LogP contribution in [0.1, 0.15) is 25.7 Å². The van der Waals surface area contributed by atoms with Gasteiger partial charge in [0.25, 0.3) is 0 Å². The van der Waals surface area contributed by atoms with Crippen molar-refractivity contribution in [3.63, 3.8) is 0 Å². The number of carbonyl (C=O) groups excluding carboxylic acids is 1. The largest absolute Gasteiger partial charge is 0.399 e. The molecule has 98 valence electrons. The zero-order chi connectivity index (χ0) is 13.0. The van der Waals surface area contributed by atoms with Crippen molar-refractivity contribution < 1.29 is 13.9 Å². The van der Waals surface area contributed by atoms with Crippen LogP contribution >= 0.6 is 0 Å². The summed E-state index contributed by atoms with van der Waals surface area (Å²) in [5, 5.41) is 2.63. The quantitative estimate of drug-likeness (QED) is 0.811. The number of hydrogen-bond acceptors (Lipinski definition) is 3. The molecule has 0 radical (unpaired) electrons. The van der Waals surface area contributed by atoms with E-state index in [1.54, 1.807) is 0 Å². The third-order valence-corrected chi connectivity index (χ3v) is 2.89. The number of rotatable bonds is 3. The molecule has 1 aromatic carbocycles. The van der Waals surface area contributed by atoms with Crippen LogP contribution < -0.4 is 11.1 Å². The van der Waals surface area contributed by atoms with E-state index >= 15 is 0 Å². The smallest absolute Gasteiger partial charge is 0.226 e. The number of halogens is 1. The van der Waals surface area contributed by atoms with Crippen molar-refractivity contribution in [2.45, 2.75) is 31.8 Å². The molecular weight excluding hydrogens is 235 g/mol. The van der Waals surface area contributed by atoms with Crippen molar-refractivity contribution in [1.82, 2.24) is 0 Å². The lowest BCUT2D eigenvalue weighted by Crippen LogP contribution is -2.25. The lowest BCUT2D eigenvalue weighted by atomic mass is 10.1. The summed E-state index contributed by atoms with van der Waals surface area (Å²) in [6.45, 7) is 0.713. The number of hydrogen-bond donors (Lipinski definition) is 2. The summed E-state index contributed by atoms with van der Waals surface area (Å²) >= 11 is 0. The predicted octanol–water partition coefficient (Wildman–Crippen LogP) is 2.31. The molecule has 4 nitrogen and oxygen atoms in total. The van der Waals surface area contributed by atoms with Gasteiger partial charge in [0.15, 0.2) is 0 Å². The maximum Gasteiger partial charge on any atom is 0.226 e. The van der Waals surface area contributed by atoms with Gasteiger partial charge in [-0.05, 0) is 37.5 Å². The van der Waals surface area contributed by atoms with Gasteiger partial charge >= 0.3 is 0 Å². The SMILES string of the molecule is Nc1cc(F)cc(NC(=O)CC2CCCCO2)c1. The summed E-state index contributed by atoms with van der Waals surface area (Å²) in [4.78, 5) is 11.7. The molecule has 0 bridgehead atoms. The van der Waals surface area contributed by atoms with Crippen molar-refractivity contribution in [3.8, 4) is 0 Å². The Hall–Kier alpha value is -1.62. The fraction of sp³-hybridized carbons (Fsp3) is 0.462. The molecule has 0 spiro atoms. The first-order valence-electron chi connectivity index (χ1n) is 6.11. The van der Waals surface area contributed by atoms with Crippen molar-refractivity contribution >= 4 is 17.3 Å². The van der Waals surface area contributed by atoms with Gasteiger partial charge in [0.1, 0.15) is 5.82 Å². The molecule has 0 aliphatic carbocycles. The molecule has 18 heavy (non-hydrogen) atoms. The number of carbonyl (C=O) groups is 1. The minimum atomic E-state index is -0.459. The first-order valence-corrected chi connectivity index (χ1v) is 6.11. The van der Waals surface area contributed by atoms with Crippen molar-refractivity contribution in [2.24, 2.45) is 0 Å². The Morgan fingerprint density at radius 1 is 1.44 bits per heavy atom. The first kappa shape index (κ1) is 12.8. The zero-order valence-electron chi connectivity index (χ0n) is 10.1. The second-order valence-electron chi connectivity index (χ2n) is 4.51. The molecule has 5 heteroatoms. The summed E-state index contributed by atoms with van der Waals surface area (Å²) in [5.41, 5.74) is 6.18. The Bertz CT molecular complexity index is 411. The standard InChI is InChI=1S/C13H17FN2O2/c14-9-5-10(15)7-11(6-9)16-13(17)8-12-3-1-2-4-18-12/h5-7,12H,1-4,8,15H2,(H,16,17). The van der Waals surface area contributed by atoms with Crippen LogP contribution in [0.3, 0.4) is 0 Å². The highest BCUT2D eigenvalue weighted by atomic mass is 19.1. The van der Waals surface area contributed by atoms with Crippen LogP contribution in [0, 0.1) is 5.82 Å². The van der Waals surface area contributed by atoms with E-state index in [0.29, 0.717) is 24.4 Å². The number of nitrogen functional groups attached to an aromatic ring is 1. The van der Waals surface area contributed by atoms with Gasteiger partial charge in [-0.25, -0.2) is 4.39 Å². The normalized spacial score (nSPS) is 19.5. The van der Waals surface area contributed by atoms with Crippen LogP contribution in [0.15, 0.2) is 18.2 Å². The van der Waals surface area contributed by atoms with E-state index in [1.807, 2.05) is 0 Å².